The molecule has 0 aromatic heterocycles. The van der Waals surface area contributed by atoms with Crippen molar-refractivity contribution in [3.05, 3.63) is 18.2 Å². The molecule has 0 aliphatic carbocycles. The van der Waals surface area contributed by atoms with Crippen LogP contribution in [0.25, 0.3) is 0 Å². The Labute approximate surface area is 132 Å². The van der Waals surface area contributed by atoms with E-state index >= 15 is 0 Å². The zero-order valence-corrected chi connectivity index (χ0v) is 13.8. The first-order valence-corrected chi connectivity index (χ1v) is 7.31. The van der Waals surface area contributed by atoms with E-state index in [1.165, 1.54) is 0 Å². The number of nitrogens with zero attached hydrogens (tertiary/aromatic N) is 1. The van der Waals surface area contributed by atoms with Gasteiger partial charge in [0.15, 0.2) is 0 Å². The number of carbonyl (C=O) groups excluding carboxylic acids is 1. The second-order valence-corrected chi connectivity index (χ2v) is 5.25. The Kier molecular flexibility index (Phi) is 7.52. The third-order valence-corrected chi connectivity index (χ3v) is 3.15. The number of amides is 1. The van der Waals surface area contributed by atoms with Crippen LogP contribution in [-0.2, 0) is 4.79 Å². The summed E-state index contributed by atoms with van der Waals surface area (Å²) in [4.78, 5) is 13.4. The summed E-state index contributed by atoms with van der Waals surface area (Å²) in [5.74, 6) is 2.09. The predicted octanol–water partition coefficient (Wildman–Crippen LogP) is 1.67. The van der Waals surface area contributed by atoms with E-state index in [0.29, 0.717) is 36.8 Å². The molecule has 6 heteroatoms. The zero-order valence-electron chi connectivity index (χ0n) is 13.8. The highest BCUT2D eigenvalue weighted by Gasteiger charge is 2.10. The molecule has 0 bridgehead atoms. The average molecular weight is 310 g/mol. The maximum absolute atomic E-state index is 11.8. The fraction of sp³-hybridized carbons (Fsp3) is 0.562. The quantitative estimate of drug-likeness (QED) is 0.702. The number of rotatable bonds is 9. The van der Waals surface area contributed by atoms with E-state index in [2.05, 4.69) is 0 Å². The number of methoxy groups -OCH3 is 2. The molecule has 124 valence electrons. The van der Waals surface area contributed by atoms with Crippen LogP contribution >= 0.6 is 0 Å². The van der Waals surface area contributed by atoms with Gasteiger partial charge in [0.05, 0.1) is 20.8 Å². The Bertz CT molecular complexity index is 455. The van der Waals surface area contributed by atoms with Gasteiger partial charge in [-0.1, -0.05) is 0 Å². The summed E-state index contributed by atoms with van der Waals surface area (Å²) in [6.07, 6.45) is 1.10. The molecule has 1 amide bonds. The fourth-order valence-corrected chi connectivity index (χ4v) is 1.91. The molecule has 0 saturated heterocycles. The summed E-state index contributed by atoms with van der Waals surface area (Å²) in [5, 5.41) is 0. The zero-order chi connectivity index (χ0) is 16.5. The molecule has 1 unspecified atom stereocenters. The van der Waals surface area contributed by atoms with Crippen LogP contribution in [0, 0.1) is 0 Å². The van der Waals surface area contributed by atoms with E-state index in [0.717, 1.165) is 6.42 Å². The normalized spacial score (nSPS) is 11.7. The van der Waals surface area contributed by atoms with Gasteiger partial charge in [-0.25, -0.2) is 0 Å². The van der Waals surface area contributed by atoms with Gasteiger partial charge in [-0.2, -0.15) is 0 Å². The van der Waals surface area contributed by atoms with Crippen molar-refractivity contribution in [2.24, 2.45) is 5.73 Å². The van der Waals surface area contributed by atoms with Gasteiger partial charge in [0.1, 0.15) is 17.2 Å². The van der Waals surface area contributed by atoms with Crippen molar-refractivity contribution in [3.63, 3.8) is 0 Å². The van der Waals surface area contributed by atoms with Crippen molar-refractivity contribution in [2.75, 3.05) is 34.4 Å². The Morgan fingerprint density at radius 1 is 1.18 bits per heavy atom. The van der Waals surface area contributed by atoms with Crippen LogP contribution in [0.5, 0.6) is 17.2 Å². The predicted molar refractivity (Wildman–Crippen MR) is 85.6 cm³/mol. The van der Waals surface area contributed by atoms with Crippen LogP contribution < -0.4 is 19.9 Å². The molecular weight excluding hydrogens is 284 g/mol. The number of nitrogens with two attached hydrogens (primary N) is 1. The number of ether oxygens (including phenoxy) is 3. The van der Waals surface area contributed by atoms with Crippen LogP contribution in [0.3, 0.4) is 0 Å². The molecule has 0 heterocycles. The Hall–Kier alpha value is -1.95. The third-order valence-electron chi connectivity index (χ3n) is 3.15. The summed E-state index contributed by atoms with van der Waals surface area (Å²) in [5.41, 5.74) is 5.62. The van der Waals surface area contributed by atoms with E-state index < -0.39 is 0 Å². The summed E-state index contributed by atoms with van der Waals surface area (Å²) in [6, 6.07) is 5.27. The highest BCUT2D eigenvalue weighted by molar-refractivity contribution is 5.76. The molecule has 6 nitrogen and oxygen atoms in total. The molecule has 1 atom stereocenters. The highest BCUT2D eigenvalue weighted by Crippen LogP contribution is 2.27. The number of benzene rings is 1. The minimum atomic E-state index is -0.115. The minimum Gasteiger partial charge on any atom is -0.496 e. The highest BCUT2D eigenvalue weighted by atomic mass is 16.5. The standard InChI is InChI=1S/C16H26N2O4/c1-12(17)8-16(19)18(2)6-5-7-22-15-10-13(20-3)9-14(11-15)21-4/h9-12H,5-8,17H2,1-4H3. The third kappa shape index (κ3) is 6.22. The SMILES string of the molecule is COc1cc(OC)cc(OCCCN(C)C(=O)CC(C)N)c1. The van der Waals surface area contributed by atoms with Gasteiger partial charge >= 0.3 is 0 Å². The van der Waals surface area contributed by atoms with Crippen molar-refractivity contribution in [3.8, 4) is 17.2 Å². The summed E-state index contributed by atoms with van der Waals surface area (Å²) < 4.78 is 16.1. The molecule has 0 aliphatic heterocycles. The van der Waals surface area contributed by atoms with Gasteiger partial charge in [-0.3, -0.25) is 4.79 Å². The van der Waals surface area contributed by atoms with Crippen molar-refractivity contribution in [2.45, 2.75) is 25.8 Å². The van der Waals surface area contributed by atoms with Gasteiger partial charge in [0.2, 0.25) is 5.91 Å². The first kappa shape index (κ1) is 18.1. The fourth-order valence-electron chi connectivity index (χ4n) is 1.91. The molecule has 2 N–H and O–H groups in total. The first-order valence-electron chi connectivity index (χ1n) is 7.31. The lowest BCUT2D eigenvalue weighted by Gasteiger charge is -2.18. The van der Waals surface area contributed by atoms with Crippen molar-refractivity contribution in [1.82, 2.24) is 4.90 Å². The topological polar surface area (TPSA) is 74.0 Å². The molecule has 22 heavy (non-hydrogen) atoms. The van der Waals surface area contributed by atoms with Gasteiger partial charge in [0.25, 0.3) is 0 Å². The summed E-state index contributed by atoms with van der Waals surface area (Å²) >= 11 is 0. The van der Waals surface area contributed by atoms with E-state index in [1.54, 1.807) is 44.4 Å². The van der Waals surface area contributed by atoms with Gasteiger partial charge < -0.3 is 24.8 Å². The minimum absolute atomic E-state index is 0.0537. The lowest BCUT2D eigenvalue weighted by molar-refractivity contribution is -0.130. The molecular formula is C16H26N2O4. The van der Waals surface area contributed by atoms with E-state index in [4.69, 9.17) is 19.9 Å². The smallest absolute Gasteiger partial charge is 0.223 e. The summed E-state index contributed by atoms with van der Waals surface area (Å²) in [7, 11) is 4.97. The lowest BCUT2D eigenvalue weighted by Crippen LogP contribution is -2.33. The van der Waals surface area contributed by atoms with Gasteiger partial charge in [-0.15, -0.1) is 0 Å². The van der Waals surface area contributed by atoms with E-state index in [-0.39, 0.29) is 11.9 Å². The van der Waals surface area contributed by atoms with Gasteiger partial charge in [0, 0.05) is 44.3 Å². The van der Waals surface area contributed by atoms with Crippen LogP contribution in [-0.4, -0.2) is 51.3 Å². The molecule has 0 radical (unpaired) electrons. The van der Waals surface area contributed by atoms with Crippen LogP contribution in [0.4, 0.5) is 0 Å². The summed E-state index contributed by atoms with van der Waals surface area (Å²) in [6.45, 7) is 2.96. The Morgan fingerprint density at radius 2 is 1.73 bits per heavy atom. The molecule has 0 saturated carbocycles. The van der Waals surface area contributed by atoms with Crippen molar-refractivity contribution >= 4 is 5.91 Å². The molecule has 0 spiro atoms. The first-order chi connectivity index (χ1) is 10.5. The van der Waals surface area contributed by atoms with Crippen LogP contribution in [0.1, 0.15) is 19.8 Å². The molecule has 0 aliphatic rings. The average Bonchev–Trinajstić information content (AvgIpc) is 2.50. The molecule has 1 rings (SSSR count). The van der Waals surface area contributed by atoms with Crippen molar-refractivity contribution < 1.29 is 19.0 Å². The maximum atomic E-state index is 11.8. The number of hydrogen-bond acceptors (Lipinski definition) is 5. The second-order valence-electron chi connectivity index (χ2n) is 5.25. The van der Waals surface area contributed by atoms with E-state index in [1.807, 2.05) is 6.92 Å². The molecule has 1 aromatic carbocycles. The largest absolute Gasteiger partial charge is 0.496 e. The van der Waals surface area contributed by atoms with Crippen molar-refractivity contribution in [1.29, 1.82) is 0 Å². The Morgan fingerprint density at radius 3 is 2.23 bits per heavy atom. The van der Waals surface area contributed by atoms with E-state index in [9.17, 15) is 4.79 Å². The monoisotopic (exact) mass is 310 g/mol. The number of hydrogen-bond donors (Lipinski definition) is 1. The maximum Gasteiger partial charge on any atom is 0.223 e. The second kappa shape index (κ2) is 9.15. The molecule has 1 aromatic rings. The Balaban J connectivity index is 2.39. The van der Waals surface area contributed by atoms with Gasteiger partial charge in [-0.05, 0) is 13.3 Å². The molecule has 0 fully saturated rings. The van der Waals surface area contributed by atoms with Crippen LogP contribution in [0.2, 0.25) is 0 Å². The van der Waals surface area contributed by atoms with Crippen LogP contribution in [0.15, 0.2) is 18.2 Å². The lowest BCUT2D eigenvalue weighted by atomic mass is 10.2. The number of carbonyl (C=O) groups is 1.